The number of benzene rings is 1. The lowest BCUT2D eigenvalue weighted by Gasteiger charge is -2.37. The monoisotopic (exact) mass is 575 g/mol. The SMILES string of the molecule is C=C1C2=C(C(CCC)=C(C)C2(C)C)/C(=C/C)CCC/C=C\C=C/C(C)N1C1=N/C(=C\C)Oc2ccccc2/C(N)=C/C=C\1. The van der Waals surface area contributed by atoms with Gasteiger partial charge < -0.3 is 15.4 Å². The van der Waals surface area contributed by atoms with E-state index in [9.17, 15) is 0 Å². The van der Waals surface area contributed by atoms with Crippen LogP contribution in [0.5, 0.6) is 5.75 Å². The third-order valence-electron chi connectivity index (χ3n) is 8.83. The maximum absolute atomic E-state index is 6.53. The van der Waals surface area contributed by atoms with Gasteiger partial charge in [-0.25, -0.2) is 0 Å². The summed E-state index contributed by atoms with van der Waals surface area (Å²) in [5.74, 6) is 1.92. The molecule has 0 saturated carbocycles. The first-order chi connectivity index (χ1) is 20.6. The third kappa shape index (κ3) is 6.64. The molecular weight excluding hydrogens is 526 g/mol. The predicted molar refractivity (Wildman–Crippen MR) is 184 cm³/mol. The van der Waals surface area contributed by atoms with Crippen LogP contribution >= 0.6 is 0 Å². The van der Waals surface area contributed by atoms with Crippen molar-refractivity contribution in [2.45, 2.75) is 86.6 Å². The summed E-state index contributed by atoms with van der Waals surface area (Å²) in [5, 5.41) is 0. The van der Waals surface area contributed by atoms with E-state index in [1.165, 1.54) is 27.9 Å². The van der Waals surface area contributed by atoms with E-state index in [1.54, 1.807) is 0 Å². The van der Waals surface area contributed by atoms with Crippen LogP contribution in [-0.4, -0.2) is 16.8 Å². The molecule has 1 unspecified atom stereocenters. The first-order valence-corrected chi connectivity index (χ1v) is 15.7. The molecule has 2 N–H and O–H groups in total. The van der Waals surface area contributed by atoms with Gasteiger partial charge in [-0.1, -0.05) is 87.9 Å². The second kappa shape index (κ2) is 13.9. The number of nitrogens with two attached hydrogens (primary N) is 1. The summed E-state index contributed by atoms with van der Waals surface area (Å²) in [6.45, 7) is 20.5. The highest BCUT2D eigenvalue weighted by Crippen LogP contribution is 2.54. The zero-order valence-electron chi connectivity index (χ0n) is 27.2. The summed E-state index contributed by atoms with van der Waals surface area (Å²) in [6, 6.07) is 7.77. The molecule has 2 aliphatic heterocycles. The second-order valence-corrected chi connectivity index (χ2v) is 12.0. The molecule has 0 bridgehead atoms. The lowest BCUT2D eigenvalue weighted by molar-refractivity contribution is 0.407. The smallest absolute Gasteiger partial charge is 0.216 e. The molecule has 1 atom stereocenters. The van der Waals surface area contributed by atoms with Gasteiger partial charge in [0.1, 0.15) is 11.6 Å². The van der Waals surface area contributed by atoms with E-state index < -0.39 is 0 Å². The van der Waals surface area contributed by atoms with E-state index in [0.717, 1.165) is 49.2 Å². The number of aliphatic imine (C=N–C) groups is 1. The minimum absolute atomic E-state index is 0.0369. The van der Waals surface area contributed by atoms with Gasteiger partial charge in [-0.15, -0.1) is 0 Å². The Hall–Kier alpha value is -4.05. The summed E-state index contributed by atoms with van der Waals surface area (Å²) in [6.07, 6.45) is 24.3. The van der Waals surface area contributed by atoms with Crippen LogP contribution in [0.15, 0.2) is 130 Å². The van der Waals surface area contributed by atoms with Gasteiger partial charge in [-0.2, -0.15) is 4.99 Å². The number of para-hydroxylation sites is 1. The fourth-order valence-electron chi connectivity index (χ4n) is 6.33. The molecule has 1 aromatic rings. The van der Waals surface area contributed by atoms with Crippen molar-refractivity contribution >= 4 is 11.5 Å². The molecule has 4 nitrogen and oxygen atoms in total. The van der Waals surface area contributed by atoms with E-state index in [0.29, 0.717) is 17.3 Å². The number of allylic oxidation sites excluding steroid dienone is 12. The minimum Gasteiger partial charge on any atom is -0.439 e. The molecule has 0 fully saturated rings. The highest BCUT2D eigenvalue weighted by molar-refractivity contribution is 5.96. The Balaban J connectivity index is 1.97. The van der Waals surface area contributed by atoms with E-state index in [1.807, 2.05) is 55.5 Å². The lowest BCUT2D eigenvalue weighted by Crippen LogP contribution is -2.38. The van der Waals surface area contributed by atoms with Gasteiger partial charge in [0, 0.05) is 22.4 Å². The maximum atomic E-state index is 6.53. The van der Waals surface area contributed by atoms with Crippen molar-refractivity contribution < 1.29 is 4.74 Å². The van der Waals surface area contributed by atoms with Gasteiger partial charge in [0.2, 0.25) is 5.88 Å². The van der Waals surface area contributed by atoms with Gasteiger partial charge >= 0.3 is 0 Å². The first-order valence-electron chi connectivity index (χ1n) is 15.7. The summed E-state index contributed by atoms with van der Waals surface area (Å²) < 4.78 is 6.37. The predicted octanol–water partition coefficient (Wildman–Crippen LogP) is 10.1. The average Bonchev–Trinajstić information content (AvgIpc) is 3.18. The largest absolute Gasteiger partial charge is 0.439 e. The van der Waals surface area contributed by atoms with Crippen molar-refractivity contribution in [1.29, 1.82) is 0 Å². The van der Waals surface area contributed by atoms with Crippen molar-refractivity contribution in [2.75, 3.05) is 0 Å². The normalized spacial score (nSPS) is 27.9. The standard InChI is InChI=1S/C39H49N3O/c1-9-20-31-28(5)39(7,8)38-29(6)42(27(4)21-15-13-12-14-16-22-30(10-2)37(31)38)35-26-19-24-33(40)32-23-17-18-25-34(32)43-36(11-3)41-35/h10-13,15,17-19,21,23-27H,6,9,14,16,20,22,40H2,1-5,7-8H3/b13-12-,21-15-,26-19-,30-10+,33-24-,36-11+,41-35+. The van der Waals surface area contributed by atoms with Crippen LogP contribution in [0.3, 0.4) is 0 Å². The zero-order valence-corrected chi connectivity index (χ0v) is 27.2. The Kier molecular flexibility index (Phi) is 10.3. The van der Waals surface area contributed by atoms with E-state index in [2.05, 4.69) is 76.8 Å². The topological polar surface area (TPSA) is 50.8 Å². The van der Waals surface area contributed by atoms with Crippen LogP contribution in [0, 0.1) is 5.41 Å². The Morgan fingerprint density at radius 1 is 1.14 bits per heavy atom. The number of ether oxygens (including phenoxy) is 1. The molecule has 1 aromatic carbocycles. The second-order valence-electron chi connectivity index (χ2n) is 12.0. The molecule has 3 aliphatic rings. The quantitative estimate of drug-likeness (QED) is 0.382. The number of fused-ring (bicyclic) bond motifs is 1. The van der Waals surface area contributed by atoms with Crippen LogP contribution in [0.25, 0.3) is 5.70 Å². The van der Waals surface area contributed by atoms with Crippen LogP contribution in [0.1, 0.15) is 86.1 Å². The summed E-state index contributed by atoms with van der Waals surface area (Å²) in [5.41, 5.74) is 15.7. The number of hydrogen-bond donors (Lipinski definition) is 1. The molecule has 2 heterocycles. The Morgan fingerprint density at radius 3 is 2.63 bits per heavy atom. The molecule has 4 rings (SSSR count). The van der Waals surface area contributed by atoms with Crippen molar-refractivity contribution in [2.24, 2.45) is 16.1 Å². The summed E-state index contributed by atoms with van der Waals surface area (Å²) in [7, 11) is 0. The van der Waals surface area contributed by atoms with Gasteiger partial charge in [-0.05, 0) is 106 Å². The lowest BCUT2D eigenvalue weighted by atomic mass is 9.78. The average molecular weight is 576 g/mol. The molecule has 0 aromatic heterocycles. The van der Waals surface area contributed by atoms with Crippen LogP contribution in [0.2, 0.25) is 0 Å². The molecular formula is C39H49N3O. The van der Waals surface area contributed by atoms with Gasteiger partial charge in [0.05, 0.1) is 6.04 Å². The fourth-order valence-corrected chi connectivity index (χ4v) is 6.33. The first kappa shape index (κ1) is 31.9. The highest BCUT2D eigenvalue weighted by atomic mass is 16.5. The minimum atomic E-state index is -0.186. The molecule has 0 spiro atoms. The van der Waals surface area contributed by atoms with Crippen molar-refractivity contribution in [3.63, 3.8) is 0 Å². The summed E-state index contributed by atoms with van der Waals surface area (Å²) >= 11 is 0. The van der Waals surface area contributed by atoms with Gasteiger partial charge in [0.25, 0.3) is 0 Å². The number of rotatable bonds is 2. The van der Waals surface area contributed by atoms with Crippen molar-refractivity contribution in [3.05, 3.63) is 131 Å². The zero-order chi connectivity index (χ0) is 31.1. The number of nitrogens with zero attached hydrogens (tertiary/aromatic N) is 2. The Bertz CT molecular complexity index is 1520. The van der Waals surface area contributed by atoms with Crippen LogP contribution < -0.4 is 10.5 Å². The van der Waals surface area contributed by atoms with Crippen molar-refractivity contribution in [3.8, 4) is 5.75 Å². The van der Waals surface area contributed by atoms with Crippen molar-refractivity contribution in [1.82, 2.24) is 4.90 Å². The van der Waals surface area contributed by atoms with Gasteiger partial charge in [-0.3, -0.25) is 0 Å². The number of hydrogen-bond acceptors (Lipinski definition) is 4. The molecule has 4 heteroatoms. The van der Waals surface area contributed by atoms with Crippen LogP contribution in [-0.2, 0) is 0 Å². The molecule has 43 heavy (non-hydrogen) atoms. The number of amidine groups is 1. The Morgan fingerprint density at radius 2 is 1.91 bits per heavy atom. The van der Waals surface area contributed by atoms with E-state index in [-0.39, 0.29) is 11.5 Å². The maximum Gasteiger partial charge on any atom is 0.216 e. The molecule has 0 amide bonds. The highest BCUT2D eigenvalue weighted by Gasteiger charge is 2.41. The Labute approximate surface area is 259 Å². The van der Waals surface area contributed by atoms with E-state index in [4.69, 9.17) is 22.0 Å². The molecule has 226 valence electrons. The summed E-state index contributed by atoms with van der Waals surface area (Å²) in [4.78, 5) is 7.39. The van der Waals surface area contributed by atoms with E-state index >= 15 is 0 Å². The molecule has 0 saturated heterocycles. The molecule has 1 aliphatic carbocycles. The fraction of sp³-hybridized carbons (Fsp3) is 0.359. The molecule has 0 radical (unpaired) electrons. The van der Waals surface area contributed by atoms with Gasteiger partial charge in [0.15, 0.2) is 0 Å². The van der Waals surface area contributed by atoms with Crippen LogP contribution in [0.4, 0.5) is 0 Å². The third-order valence-corrected chi connectivity index (χ3v) is 8.83.